The van der Waals surface area contributed by atoms with Gasteiger partial charge in [-0.05, 0) is 267 Å². The molecule has 30 aliphatic rings. The van der Waals surface area contributed by atoms with E-state index in [-0.39, 0.29) is 267 Å². The van der Waals surface area contributed by atoms with Crippen LogP contribution in [-0.4, -0.2) is 71.6 Å². The van der Waals surface area contributed by atoms with Gasteiger partial charge in [-0.15, -0.1) is 0 Å². The van der Waals surface area contributed by atoms with E-state index >= 15 is 119 Å². The summed E-state index contributed by atoms with van der Waals surface area (Å²) in [5.74, 6) is -28.0. The summed E-state index contributed by atoms with van der Waals surface area (Å²) >= 11 is 0. The molecule has 24 heteroatoms. The van der Waals surface area contributed by atoms with Gasteiger partial charge in [0.15, 0.2) is 0 Å². The minimum Gasteiger partial charge on any atom is -0.549 e. The van der Waals surface area contributed by atoms with Crippen LogP contribution < -0.4 is 61.3 Å². The van der Waals surface area contributed by atoms with E-state index in [1.54, 1.807) is 0 Å². The number of carboxylic acids is 12. The van der Waals surface area contributed by atoms with Crippen LogP contribution in [0.2, 0.25) is 0 Å². The summed E-state index contributed by atoms with van der Waals surface area (Å²) in [6.07, 6.45) is 0. The average molecular weight is 1320 g/mol. The van der Waals surface area contributed by atoms with Crippen molar-refractivity contribution >= 4 is 71.6 Å². The van der Waals surface area contributed by atoms with Crippen LogP contribution in [0.3, 0.4) is 0 Å². The number of hydrogen-bond acceptors (Lipinski definition) is 24. The van der Waals surface area contributed by atoms with Crippen LogP contribution in [-0.2, 0) is 123 Å². The van der Waals surface area contributed by atoms with Crippen LogP contribution in [0.5, 0.6) is 0 Å². The van der Waals surface area contributed by atoms with E-state index in [1.807, 2.05) is 0 Å². The summed E-state index contributed by atoms with van der Waals surface area (Å²) in [6.45, 7) is 0. The summed E-state index contributed by atoms with van der Waals surface area (Å²) in [7, 11) is 0. The van der Waals surface area contributed by atoms with Crippen LogP contribution in [0.1, 0.15) is 134 Å². The summed E-state index contributed by atoms with van der Waals surface area (Å²) in [4.78, 5) is 194. The zero-order valence-corrected chi connectivity index (χ0v) is 48.8. The lowest BCUT2D eigenvalue weighted by Gasteiger charge is -2.37. The maximum atomic E-state index is 16.1. The van der Waals surface area contributed by atoms with Crippen LogP contribution in [0.15, 0.2) is 0 Å². The Morgan fingerprint density at radius 1 is 0.118 bits per heavy atom. The number of hydrogen-bond donors (Lipinski definition) is 0. The molecule has 0 saturated heterocycles. The summed E-state index contributed by atoms with van der Waals surface area (Å²) in [5, 5.41) is 194. The normalized spacial score (nSPS) is 39.3. The second-order valence-corrected chi connectivity index (χ2v) is 34.9. The molecule has 38 rings (SSSR count). The fourth-order valence-corrected chi connectivity index (χ4v) is 39.0. The van der Waals surface area contributed by atoms with Gasteiger partial charge >= 0.3 is 0 Å². The Bertz CT molecular complexity index is 5670. The van der Waals surface area contributed by atoms with Gasteiger partial charge in [-0.1, -0.05) is 0 Å². The van der Waals surface area contributed by atoms with Crippen molar-refractivity contribution in [3.8, 4) is 134 Å². The van der Waals surface area contributed by atoms with Gasteiger partial charge in [-0.3, -0.25) is 0 Å². The highest BCUT2D eigenvalue weighted by Gasteiger charge is 3.14. The SMILES string of the molecule is O=C([O-])C1(C(=O)[O-])C23c4c5c6c7c8c4-c4c2c2c9c%10c4C4%11c%12c-%10c%10c%13c%14c%12-c%12c(c-7c7c%15c%12C%14%12C(C(=O)[O-])(C(=O)[O-])C%12%14c%12c%16c%17c%18c(c%12-%15)C7%12C(C(=O)[O-])(C(=O)[O-])C6%12c6c-5c5c7c(c6-%18)C%176C(C(=O)[O-])(C(=O)[O-])C6%12c6c-7c(c-2c2c6-c6c%12c-%16c%14c-%13c6C%106C(C(=O)[O-])(C(=O)[O-])C926)C513)C84C%11(C(=O)[O-])C(=O)[O-]. The Labute approximate surface area is 552 Å². The van der Waals surface area contributed by atoms with Gasteiger partial charge < -0.3 is 119 Å². The zero-order chi connectivity index (χ0) is 67.6. The smallest absolute Gasteiger partial charge is 0.0794 e. The van der Waals surface area contributed by atoms with E-state index in [0.29, 0.717) is 0 Å². The molecule has 0 heterocycles. The molecular formula is C78O24-12. The fourth-order valence-electron chi connectivity index (χ4n) is 39.0. The average Bonchev–Trinajstić information content (AvgIpc) is 1.31. The van der Waals surface area contributed by atoms with Gasteiger partial charge in [-0.2, -0.15) is 0 Å². The molecule has 0 N–H and O–H groups in total. The molecule has 12 spiro atoms. The molecule has 0 aliphatic heterocycles. The predicted molar refractivity (Wildman–Crippen MR) is 284 cm³/mol. The highest BCUT2D eigenvalue weighted by molar-refractivity contribution is 6.46. The molecule has 0 radical (unpaired) electrons. The largest absolute Gasteiger partial charge is 0.549 e. The Morgan fingerprint density at radius 2 is 0.167 bits per heavy atom. The number of carbonyl (C=O) groups is 12. The topological polar surface area (TPSA) is 482 Å². The van der Waals surface area contributed by atoms with E-state index in [0.717, 1.165) is 0 Å². The summed E-state index contributed by atoms with van der Waals surface area (Å²) in [6, 6.07) is 0. The lowest BCUT2D eigenvalue weighted by Crippen LogP contribution is -2.52. The van der Waals surface area contributed by atoms with Gasteiger partial charge in [-0.25, -0.2) is 0 Å². The molecule has 0 aromatic heterocycles. The first-order valence-electron chi connectivity index (χ1n) is 33.4. The van der Waals surface area contributed by atoms with Crippen LogP contribution in [0, 0.1) is 32.5 Å². The molecule has 8 aromatic carbocycles. The molecule has 0 atom stereocenters. The minimum atomic E-state index is -3.58. The molecule has 468 valence electrons. The number of aliphatic carboxylic acids is 12. The van der Waals surface area contributed by atoms with E-state index in [9.17, 15) is 0 Å². The molecule has 30 aliphatic carbocycles. The quantitative estimate of drug-likeness (QED) is 0.103. The van der Waals surface area contributed by atoms with E-state index in [2.05, 4.69) is 0 Å². The molecule has 0 bridgehead atoms. The van der Waals surface area contributed by atoms with Crippen LogP contribution in [0.4, 0.5) is 0 Å². The van der Waals surface area contributed by atoms with Gasteiger partial charge in [0.05, 0.1) is 169 Å². The van der Waals surface area contributed by atoms with Gasteiger partial charge in [0.2, 0.25) is 0 Å². The Kier molecular flexibility index (Phi) is 3.88. The van der Waals surface area contributed by atoms with Gasteiger partial charge in [0.1, 0.15) is 0 Å². The maximum Gasteiger partial charge on any atom is 0.0794 e. The first-order valence-corrected chi connectivity index (χ1v) is 33.4. The highest BCUT2D eigenvalue weighted by Crippen LogP contribution is 3.16. The number of benzene rings is 8. The summed E-state index contributed by atoms with van der Waals surface area (Å²) < 4.78 is 0. The first kappa shape index (κ1) is 44.4. The van der Waals surface area contributed by atoms with Gasteiger partial charge in [0.25, 0.3) is 0 Å². The number of rotatable bonds is 12. The third-order valence-corrected chi connectivity index (χ3v) is 37.4. The molecule has 24 nitrogen and oxygen atoms in total. The second-order valence-electron chi connectivity index (χ2n) is 34.9. The van der Waals surface area contributed by atoms with Crippen LogP contribution >= 0.6 is 0 Å². The molecule has 6 saturated carbocycles. The Balaban J connectivity index is 0.995. The Hall–Kier alpha value is -12.6. The van der Waals surface area contributed by atoms with Crippen molar-refractivity contribution < 1.29 is 119 Å². The van der Waals surface area contributed by atoms with Crippen LogP contribution in [0.25, 0.3) is 134 Å². The number of carboxylic acid groups (broad SMARTS) is 12. The molecule has 102 heavy (non-hydrogen) atoms. The zero-order valence-electron chi connectivity index (χ0n) is 48.8. The van der Waals surface area contributed by atoms with Crippen molar-refractivity contribution in [3.05, 3.63) is 134 Å². The highest BCUT2D eigenvalue weighted by atomic mass is 16.4. The third kappa shape index (κ3) is 1.85. The molecule has 6 fully saturated rings. The molecule has 0 unspecified atom stereocenters. The second kappa shape index (κ2) is 8.90. The van der Waals surface area contributed by atoms with E-state index in [1.165, 1.54) is 0 Å². The third-order valence-electron chi connectivity index (χ3n) is 37.4. The van der Waals surface area contributed by atoms with Crippen molar-refractivity contribution in [2.45, 2.75) is 65.0 Å². The van der Waals surface area contributed by atoms with Crippen molar-refractivity contribution in [2.75, 3.05) is 0 Å². The standard InChI is InChI=1S/C78H12O24/c79-49(80)73(50(81)82)61-25-1-2-27(61)7-9-36-16-13-31(64(36,61)73)6-4(25)29-3-5-30-11-12-35-10-8(28(2)63(35)62(30,26(1)3)74(63,51(83)84)52(85)86)34(7)67-37(9)19-21-46-22-20(38(10)68(46,67)76(67,55(91)92)56(93)94)40(12)69-39(11)14-17-43-18-15(33(6)65(29)66(43,32(5)14)75(65,53(87)88)54(89)90)41(13)70-45(18)23-24(47(21)71(70,42(16)19)78(70,59(99)100)60(101)102)48(22)72(69,44(17)23)77(69,57(95)96)58(97)98/h(H,79,80)(H,81,82)(H,83,84)(H,85,86)(H,87,88)(H,89,90)(H,91,92)(H,93,94)(H,95,96)(H,97,98)(H,99,100)(H,101,102)/p-12. The predicted octanol–water partition coefficient (Wildman–Crippen LogP) is -12.5. The Morgan fingerprint density at radius 3 is 0.206 bits per heavy atom. The monoisotopic (exact) mass is 1320 g/mol. The number of carbonyl (C=O) groups excluding carboxylic acids is 12. The van der Waals surface area contributed by atoms with Crippen molar-refractivity contribution in [1.29, 1.82) is 0 Å². The fraction of sp³-hybridized carbons (Fsp3) is 0.231. The first-order chi connectivity index (χ1) is 48.7. The lowest BCUT2D eigenvalue weighted by atomic mass is 9.63. The van der Waals surface area contributed by atoms with Crippen molar-refractivity contribution in [3.63, 3.8) is 0 Å². The van der Waals surface area contributed by atoms with E-state index in [4.69, 9.17) is 0 Å². The van der Waals surface area contributed by atoms with Gasteiger partial charge in [0, 0.05) is 0 Å². The minimum absolute atomic E-state index is 0.200. The molecule has 0 amide bonds. The van der Waals surface area contributed by atoms with Crippen molar-refractivity contribution in [1.82, 2.24) is 0 Å². The summed E-state index contributed by atoms with van der Waals surface area (Å²) in [5.41, 5.74) is -68.7. The van der Waals surface area contributed by atoms with E-state index < -0.39 is 169 Å². The lowest BCUT2D eigenvalue weighted by molar-refractivity contribution is -0.339. The molecular weight excluding hydrogens is 1320 g/mol. The maximum absolute atomic E-state index is 16.1. The van der Waals surface area contributed by atoms with Crippen molar-refractivity contribution in [2.24, 2.45) is 32.5 Å². The molecule has 8 aromatic rings.